The summed E-state index contributed by atoms with van der Waals surface area (Å²) in [5.74, 6) is 6.04. The number of nitrogens with zero attached hydrogens (tertiary/aromatic N) is 2. The number of hydrogen-bond donors (Lipinski definition) is 4. The molecular weight excluding hydrogens is 514 g/mol. The van der Waals surface area contributed by atoms with Crippen molar-refractivity contribution in [3.63, 3.8) is 0 Å². The first-order valence-electron chi connectivity index (χ1n) is 13.2. The summed E-state index contributed by atoms with van der Waals surface area (Å²) in [6, 6.07) is 23.0. The topological polar surface area (TPSA) is 126 Å². The van der Waals surface area contributed by atoms with Crippen LogP contribution in [0.3, 0.4) is 0 Å². The molecule has 1 fully saturated rings. The lowest BCUT2D eigenvalue weighted by molar-refractivity contribution is 0.0976. The SMILES string of the molecule is CCOc1ccc(Cl)cc1.N/N=C(\N)NC(=O)c1ccc(CN(CO)c2ccc(C3CCCCC3)cc2)cc1. The van der Waals surface area contributed by atoms with E-state index in [1.54, 1.807) is 12.1 Å². The van der Waals surface area contributed by atoms with Crippen molar-refractivity contribution in [2.24, 2.45) is 16.7 Å². The fourth-order valence-corrected chi connectivity index (χ4v) is 4.64. The van der Waals surface area contributed by atoms with Crippen LogP contribution in [0.2, 0.25) is 5.02 Å². The molecule has 3 aromatic rings. The number of benzene rings is 3. The fourth-order valence-electron chi connectivity index (χ4n) is 4.52. The quantitative estimate of drug-likeness (QED) is 0.0983. The molecule has 0 heterocycles. The minimum atomic E-state index is -0.374. The third-order valence-corrected chi connectivity index (χ3v) is 6.85. The fraction of sp³-hybridized carbons (Fsp3) is 0.333. The van der Waals surface area contributed by atoms with E-state index in [0.717, 1.165) is 22.0 Å². The maximum absolute atomic E-state index is 12.0. The smallest absolute Gasteiger partial charge is 0.257 e. The number of nitrogens with two attached hydrogens (primary N) is 2. The first kappa shape index (κ1) is 29.8. The number of nitrogens with one attached hydrogen (secondary N) is 1. The lowest BCUT2D eigenvalue weighted by Crippen LogP contribution is -2.37. The van der Waals surface area contributed by atoms with Crippen LogP contribution in [-0.4, -0.2) is 30.3 Å². The Kier molecular flexibility index (Phi) is 11.9. The molecule has 4 rings (SSSR count). The van der Waals surface area contributed by atoms with Crippen molar-refractivity contribution >= 4 is 29.2 Å². The molecule has 6 N–H and O–H groups in total. The van der Waals surface area contributed by atoms with Gasteiger partial charge in [0.2, 0.25) is 5.96 Å². The van der Waals surface area contributed by atoms with E-state index < -0.39 is 0 Å². The van der Waals surface area contributed by atoms with Crippen LogP contribution in [0, 0.1) is 0 Å². The van der Waals surface area contributed by atoms with Gasteiger partial charge in [0.05, 0.1) is 6.61 Å². The van der Waals surface area contributed by atoms with E-state index in [-0.39, 0.29) is 18.6 Å². The van der Waals surface area contributed by atoms with E-state index in [9.17, 15) is 9.90 Å². The number of carbonyl (C=O) groups is 1. The van der Waals surface area contributed by atoms with Crippen molar-refractivity contribution in [1.29, 1.82) is 0 Å². The molecule has 8 nitrogen and oxygen atoms in total. The van der Waals surface area contributed by atoms with Gasteiger partial charge in [-0.05, 0) is 85.3 Å². The van der Waals surface area contributed by atoms with E-state index in [2.05, 4.69) is 34.7 Å². The van der Waals surface area contributed by atoms with Crippen LogP contribution < -0.4 is 26.5 Å². The summed E-state index contributed by atoms with van der Waals surface area (Å²) in [5.41, 5.74) is 9.20. The Hall–Kier alpha value is -3.75. The van der Waals surface area contributed by atoms with E-state index in [0.29, 0.717) is 24.6 Å². The van der Waals surface area contributed by atoms with Gasteiger partial charge in [-0.3, -0.25) is 10.1 Å². The van der Waals surface area contributed by atoms with Gasteiger partial charge in [0.25, 0.3) is 5.91 Å². The molecule has 39 heavy (non-hydrogen) atoms. The van der Waals surface area contributed by atoms with Crippen molar-refractivity contribution in [3.05, 3.63) is 94.5 Å². The van der Waals surface area contributed by atoms with Gasteiger partial charge in [-0.2, -0.15) is 0 Å². The second-order valence-electron chi connectivity index (χ2n) is 9.32. The van der Waals surface area contributed by atoms with E-state index in [1.807, 2.05) is 48.2 Å². The molecular formula is C30H38ClN5O3. The Balaban J connectivity index is 0.000000353. The molecule has 9 heteroatoms. The molecule has 0 unspecified atom stereocenters. The van der Waals surface area contributed by atoms with Gasteiger partial charge in [-0.15, -0.1) is 5.10 Å². The number of hydrazone groups is 1. The van der Waals surface area contributed by atoms with E-state index in [1.165, 1.54) is 37.7 Å². The Bertz CT molecular complexity index is 1180. The zero-order chi connectivity index (χ0) is 28.0. The average molecular weight is 552 g/mol. The van der Waals surface area contributed by atoms with Crippen molar-refractivity contribution in [1.82, 2.24) is 5.32 Å². The molecule has 0 saturated heterocycles. The zero-order valence-corrected chi connectivity index (χ0v) is 23.1. The molecule has 0 aliphatic heterocycles. The molecule has 208 valence electrons. The molecule has 3 aromatic carbocycles. The van der Waals surface area contributed by atoms with Gasteiger partial charge in [-0.1, -0.05) is 55.1 Å². The van der Waals surface area contributed by atoms with Crippen LogP contribution in [-0.2, 0) is 6.54 Å². The van der Waals surface area contributed by atoms with Crippen molar-refractivity contribution in [2.75, 3.05) is 18.2 Å². The third-order valence-electron chi connectivity index (χ3n) is 6.60. The second-order valence-corrected chi connectivity index (χ2v) is 9.75. The molecule has 0 radical (unpaired) electrons. The van der Waals surface area contributed by atoms with E-state index in [4.69, 9.17) is 27.9 Å². The van der Waals surface area contributed by atoms with Crippen LogP contribution in [0.15, 0.2) is 77.9 Å². The number of hydrogen-bond acceptors (Lipinski definition) is 6. The summed E-state index contributed by atoms with van der Waals surface area (Å²) < 4.78 is 5.20. The van der Waals surface area contributed by atoms with Gasteiger partial charge >= 0.3 is 0 Å². The zero-order valence-electron chi connectivity index (χ0n) is 22.4. The predicted molar refractivity (Wildman–Crippen MR) is 158 cm³/mol. The molecule has 0 bridgehead atoms. The van der Waals surface area contributed by atoms with E-state index >= 15 is 0 Å². The maximum Gasteiger partial charge on any atom is 0.257 e. The third kappa shape index (κ3) is 9.50. The molecule has 0 spiro atoms. The monoisotopic (exact) mass is 551 g/mol. The van der Waals surface area contributed by atoms with Crippen LogP contribution in [0.5, 0.6) is 5.75 Å². The summed E-state index contributed by atoms with van der Waals surface area (Å²) in [6.45, 7) is 3.10. The van der Waals surface area contributed by atoms with Crippen molar-refractivity contribution < 1.29 is 14.6 Å². The maximum atomic E-state index is 12.0. The highest BCUT2D eigenvalue weighted by Crippen LogP contribution is 2.33. The Labute approximate surface area is 235 Å². The normalized spacial score (nSPS) is 13.7. The Morgan fingerprint density at radius 3 is 2.23 bits per heavy atom. The van der Waals surface area contributed by atoms with Gasteiger partial charge in [0, 0.05) is 22.8 Å². The minimum absolute atomic E-state index is 0.0888. The number of amides is 1. The molecule has 1 aliphatic rings. The molecule has 1 amide bonds. The molecule has 1 saturated carbocycles. The number of anilines is 1. The first-order chi connectivity index (χ1) is 18.9. The lowest BCUT2D eigenvalue weighted by atomic mass is 9.84. The van der Waals surface area contributed by atoms with Gasteiger partial charge in [-0.25, -0.2) is 0 Å². The van der Waals surface area contributed by atoms with Crippen molar-refractivity contribution in [2.45, 2.75) is 51.5 Å². The van der Waals surface area contributed by atoms with Crippen molar-refractivity contribution in [3.8, 4) is 5.75 Å². The highest BCUT2D eigenvalue weighted by Gasteiger charge is 2.16. The Morgan fingerprint density at radius 2 is 1.67 bits per heavy atom. The first-order valence-corrected chi connectivity index (χ1v) is 13.6. The summed E-state index contributed by atoms with van der Waals surface area (Å²) in [4.78, 5) is 13.9. The summed E-state index contributed by atoms with van der Waals surface area (Å²) in [7, 11) is 0. The number of guanidine groups is 1. The molecule has 0 aromatic heterocycles. The number of aliphatic hydroxyl groups is 1. The predicted octanol–water partition coefficient (Wildman–Crippen LogP) is 5.35. The summed E-state index contributed by atoms with van der Waals surface area (Å²) in [6.07, 6.45) is 6.52. The highest BCUT2D eigenvalue weighted by atomic mass is 35.5. The number of halogens is 1. The number of aliphatic hydroxyl groups excluding tert-OH is 1. The average Bonchev–Trinajstić information content (AvgIpc) is 2.98. The number of carbonyl (C=O) groups excluding carboxylic acids is 1. The van der Waals surface area contributed by atoms with Crippen LogP contribution in [0.1, 0.15) is 66.4 Å². The standard InChI is InChI=1S/C22H29N5O2.C8H9ClO/c23-22(26-24)25-21(29)19-8-6-16(7-9-19)14-27(15-28)20-12-10-18(11-13-20)17-4-2-1-3-5-17;1-2-10-8-5-3-7(9)4-6-8/h6-13,17,28H,1-5,14-15,24H2,(H3,23,25,26,29);3-6H,2H2,1H3. The van der Waals surface area contributed by atoms with Gasteiger partial charge < -0.3 is 26.3 Å². The number of rotatable bonds is 8. The van der Waals surface area contributed by atoms with Crippen LogP contribution >= 0.6 is 11.6 Å². The molecule has 1 aliphatic carbocycles. The van der Waals surface area contributed by atoms with Crippen LogP contribution in [0.25, 0.3) is 0 Å². The number of ether oxygens (including phenoxy) is 1. The second kappa shape index (κ2) is 15.6. The lowest BCUT2D eigenvalue weighted by Gasteiger charge is -2.25. The largest absolute Gasteiger partial charge is 0.494 e. The highest BCUT2D eigenvalue weighted by molar-refractivity contribution is 6.30. The minimum Gasteiger partial charge on any atom is -0.494 e. The summed E-state index contributed by atoms with van der Waals surface area (Å²) in [5, 5.41) is 16.2. The van der Waals surface area contributed by atoms with Gasteiger partial charge in [0.1, 0.15) is 12.5 Å². The van der Waals surface area contributed by atoms with Gasteiger partial charge in [0.15, 0.2) is 0 Å². The Morgan fingerprint density at radius 1 is 1.03 bits per heavy atom. The summed E-state index contributed by atoms with van der Waals surface area (Å²) >= 11 is 5.66. The molecule has 0 atom stereocenters. The van der Waals surface area contributed by atoms with Crippen LogP contribution in [0.4, 0.5) is 5.69 Å².